The lowest BCUT2D eigenvalue weighted by molar-refractivity contribution is 0.0795. The van der Waals surface area contributed by atoms with E-state index in [-0.39, 0.29) is 5.91 Å². The van der Waals surface area contributed by atoms with E-state index in [1.54, 1.807) is 17.1 Å². The third kappa shape index (κ3) is 2.88. The number of nitrogens with zero attached hydrogens (tertiary/aromatic N) is 3. The molecule has 5 heteroatoms. The predicted octanol–water partition coefficient (Wildman–Crippen LogP) is 3.43. The highest BCUT2D eigenvalue weighted by atomic mass is 32.1. The Bertz CT molecular complexity index is 708. The van der Waals surface area contributed by atoms with Crippen LogP contribution in [-0.4, -0.2) is 33.9 Å². The lowest BCUT2D eigenvalue weighted by atomic mass is 10.1. The Hall–Kier alpha value is -2.01. The molecule has 0 spiro atoms. The average molecular weight is 301 g/mol. The molecule has 2 rings (SSSR count). The van der Waals surface area contributed by atoms with Crippen molar-refractivity contribution < 1.29 is 4.79 Å². The summed E-state index contributed by atoms with van der Waals surface area (Å²) in [6, 6.07) is 0. The van der Waals surface area contributed by atoms with E-state index < -0.39 is 0 Å². The molecule has 0 saturated heterocycles. The fourth-order valence-electron chi connectivity index (χ4n) is 2.37. The van der Waals surface area contributed by atoms with Crippen molar-refractivity contribution >= 4 is 27.5 Å². The van der Waals surface area contributed by atoms with Gasteiger partial charge in [-0.15, -0.1) is 24.5 Å². The molecule has 110 valence electrons. The lowest BCUT2D eigenvalue weighted by Gasteiger charge is -2.18. The highest BCUT2D eigenvalue weighted by Gasteiger charge is 2.22. The average Bonchev–Trinajstić information content (AvgIpc) is 2.74. The van der Waals surface area contributed by atoms with Crippen molar-refractivity contribution in [2.24, 2.45) is 0 Å². The molecule has 4 nitrogen and oxygen atoms in total. The van der Waals surface area contributed by atoms with Crippen molar-refractivity contribution in [1.82, 2.24) is 14.9 Å². The number of aryl methyl sites for hydroxylation is 3. The molecule has 0 bridgehead atoms. The Balaban J connectivity index is 2.53. The van der Waals surface area contributed by atoms with Gasteiger partial charge in [-0.05, 0) is 26.3 Å². The topological polar surface area (TPSA) is 46.1 Å². The van der Waals surface area contributed by atoms with Crippen LogP contribution in [-0.2, 0) is 0 Å². The fraction of sp³-hybridized carbons (Fsp3) is 0.312. The Kier molecular flexibility index (Phi) is 4.53. The van der Waals surface area contributed by atoms with Crippen LogP contribution in [0.2, 0.25) is 0 Å². The Morgan fingerprint density at radius 2 is 1.81 bits per heavy atom. The molecule has 1 amide bonds. The van der Waals surface area contributed by atoms with E-state index in [9.17, 15) is 4.79 Å². The maximum atomic E-state index is 12.7. The first-order chi connectivity index (χ1) is 9.99. The fourth-order valence-corrected chi connectivity index (χ4v) is 3.62. The Morgan fingerprint density at radius 1 is 1.19 bits per heavy atom. The molecule has 0 aromatic carbocycles. The van der Waals surface area contributed by atoms with Gasteiger partial charge in [0.05, 0.1) is 4.88 Å². The molecule has 0 aliphatic heterocycles. The van der Waals surface area contributed by atoms with Crippen LogP contribution in [0.5, 0.6) is 0 Å². The van der Waals surface area contributed by atoms with Crippen molar-refractivity contribution in [3.63, 3.8) is 0 Å². The first-order valence-electron chi connectivity index (χ1n) is 6.75. The zero-order chi connectivity index (χ0) is 15.6. The molecule has 0 N–H and O–H groups in total. The third-order valence-corrected chi connectivity index (χ3v) is 4.44. The Labute approximate surface area is 128 Å². The van der Waals surface area contributed by atoms with Crippen LogP contribution in [0.25, 0.3) is 10.2 Å². The van der Waals surface area contributed by atoms with Crippen LogP contribution in [0.3, 0.4) is 0 Å². The van der Waals surface area contributed by atoms with E-state index in [0.29, 0.717) is 13.1 Å². The van der Waals surface area contributed by atoms with Gasteiger partial charge in [0.1, 0.15) is 10.7 Å². The summed E-state index contributed by atoms with van der Waals surface area (Å²) in [5, 5.41) is 0.992. The zero-order valence-corrected chi connectivity index (χ0v) is 13.5. The molecule has 2 aromatic heterocycles. The molecule has 0 saturated carbocycles. The number of thiophene rings is 1. The van der Waals surface area contributed by atoms with Gasteiger partial charge >= 0.3 is 0 Å². The van der Waals surface area contributed by atoms with Gasteiger partial charge in [-0.3, -0.25) is 4.79 Å². The number of carbonyl (C=O) groups excluding carboxylic acids is 1. The first-order valence-corrected chi connectivity index (χ1v) is 7.56. The van der Waals surface area contributed by atoms with Gasteiger partial charge in [0.2, 0.25) is 0 Å². The van der Waals surface area contributed by atoms with Gasteiger partial charge in [0, 0.05) is 24.2 Å². The highest BCUT2D eigenvalue weighted by Crippen LogP contribution is 2.32. The van der Waals surface area contributed by atoms with E-state index in [4.69, 9.17) is 0 Å². The van der Waals surface area contributed by atoms with E-state index in [2.05, 4.69) is 23.1 Å². The normalized spacial score (nSPS) is 10.6. The van der Waals surface area contributed by atoms with Gasteiger partial charge in [-0.25, -0.2) is 9.97 Å². The molecule has 0 unspecified atom stereocenters. The number of fused-ring (bicyclic) bond motifs is 1. The first kappa shape index (κ1) is 15.4. The van der Waals surface area contributed by atoms with Gasteiger partial charge in [0.25, 0.3) is 5.91 Å². The Morgan fingerprint density at radius 3 is 2.38 bits per heavy atom. The summed E-state index contributed by atoms with van der Waals surface area (Å²) >= 11 is 1.43. The van der Waals surface area contributed by atoms with Crippen LogP contribution >= 0.6 is 11.3 Å². The van der Waals surface area contributed by atoms with Crippen LogP contribution in [0.1, 0.15) is 26.8 Å². The van der Waals surface area contributed by atoms with Crippen molar-refractivity contribution in [2.75, 3.05) is 13.1 Å². The smallest absolute Gasteiger partial charge is 0.264 e. The van der Waals surface area contributed by atoms with Crippen LogP contribution in [0.4, 0.5) is 0 Å². The second kappa shape index (κ2) is 6.18. The molecule has 0 radical (unpaired) electrons. The quantitative estimate of drug-likeness (QED) is 0.795. The largest absolute Gasteiger partial charge is 0.331 e. The second-order valence-corrected chi connectivity index (χ2v) is 5.88. The van der Waals surface area contributed by atoms with Crippen molar-refractivity contribution in [1.29, 1.82) is 0 Å². The van der Waals surface area contributed by atoms with E-state index in [1.807, 2.05) is 20.8 Å². The number of rotatable bonds is 5. The maximum absolute atomic E-state index is 12.7. The number of aromatic nitrogens is 2. The molecule has 21 heavy (non-hydrogen) atoms. The zero-order valence-electron chi connectivity index (χ0n) is 12.6. The molecule has 0 aliphatic rings. The summed E-state index contributed by atoms with van der Waals surface area (Å²) in [6.07, 6.45) is 3.44. The monoisotopic (exact) mass is 301 g/mol. The maximum Gasteiger partial charge on any atom is 0.264 e. The van der Waals surface area contributed by atoms with Crippen LogP contribution in [0.15, 0.2) is 25.3 Å². The highest BCUT2D eigenvalue weighted by molar-refractivity contribution is 7.20. The lowest BCUT2D eigenvalue weighted by Crippen LogP contribution is -2.31. The summed E-state index contributed by atoms with van der Waals surface area (Å²) < 4.78 is 0. The number of hydrogen-bond acceptors (Lipinski definition) is 4. The number of hydrogen-bond donors (Lipinski definition) is 0. The SMILES string of the molecule is C=CCN(CC=C)C(=O)c1sc2nc(C)nc(C)c2c1C. The van der Waals surface area contributed by atoms with E-state index in [1.165, 1.54) is 11.3 Å². The van der Waals surface area contributed by atoms with Gasteiger partial charge < -0.3 is 4.90 Å². The summed E-state index contributed by atoms with van der Waals surface area (Å²) in [7, 11) is 0. The van der Waals surface area contributed by atoms with Crippen molar-refractivity contribution in [3.8, 4) is 0 Å². The summed E-state index contributed by atoms with van der Waals surface area (Å²) in [6.45, 7) is 14.2. The van der Waals surface area contributed by atoms with Crippen molar-refractivity contribution in [3.05, 3.63) is 47.3 Å². The minimum atomic E-state index is -0.00708. The predicted molar refractivity (Wildman–Crippen MR) is 87.9 cm³/mol. The third-order valence-electron chi connectivity index (χ3n) is 3.26. The van der Waals surface area contributed by atoms with Crippen LogP contribution < -0.4 is 0 Å². The van der Waals surface area contributed by atoms with E-state index >= 15 is 0 Å². The molecular formula is C16H19N3OS. The summed E-state index contributed by atoms with van der Waals surface area (Å²) in [4.78, 5) is 24.9. The molecule has 2 aromatic rings. The van der Waals surface area contributed by atoms with Crippen molar-refractivity contribution in [2.45, 2.75) is 20.8 Å². The van der Waals surface area contributed by atoms with E-state index in [0.717, 1.165) is 32.2 Å². The van der Waals surface area contributed by atoms with Gasteiger partial charge in [0.15, 0.2) is 0 Å². The van der Waals surface area contributed by atoms with Gasteiger partial charge in [-0.1, -0.05) is 12.2 Å². The minimum Gasteiger partial charge on any atom is -0.331 e. The standard InChI is InChI=1S/C16H19N3OS/c1-6-8-19(9-7-2)16(20)14-10(3)13-11(4)17-12(5)18-15(13)21-14/h6-7H,1-2,8-9H2,3-5H3. The molecule has 0 aliphatic carbocycles. The minimum absolute atomic E-state index is 0.00708. The number of carbonyl (C=O) groups is 1. The van der Waals surface area contributed by atoms with Crippen LogP contribution in [0, 0.1) is 20.8 Å². The number of amides is 1. The second-order valence-electron chi connectivity index (χ2n) is 4.88. The van der Waals surface area contributed by atoms with Gasteiger partial charge in [-0.2, -0.15) is 0 Å². The molecule has 2 heterocycles. The molecule has 0 atom stereocenters. The molecule has 0 fully saturated rings. The molecular weight excluding hydrogens is 282 g/mol. The summed E-state index contributed by atoms with van der Waals surface area (Å²) in [5.74, 6) is 0.724. The summed E-state index contributed by atoms with van der Waals surface area (Å²) in [5.41, 5.74) is 1.87.